The highest BCUT2D eigenvalue weighted by Gasteiger charge is 2.46. The Morgan fingerprint density at radius 1 is 1.08 bits per heavy atom. The number of rotatable bonds is 2. The highest BCUT2D eigenvalue weighted by atomic mass is 28.3. The summed E-state index contributed by atoms with van der Waals surface area (Å²) in [7, 11) is -0.869. The van der Waals surface area contributed by atoms with Crippen LogP contribution in [0.1, 0.15) is 17.9 Å². The van der Waals surface area contributed by atoms with E-state index in [0.29, 0.717) is 0 Å². The molecule has 0 unspecified atom stereocenters. The molecule has 70 valence electrons. The summed E-state index contributed by atoms with van der Waals surface area (Å²) in [6, 6.07) is 11.0. The Morgan fingerprint density at radius 3 is 2.15 bits per heavy atom. The van der Waals surface area contributed by atoms with Crippen LogP contribution in [0, 0.1) is 0 Å². The molecule has 2 atom stereocenters. The maximum atomic E-state index is 2.49. The lowest BCUT2D eigenvalue weighted by Gasteiger charge is -2.15. The first-order valence-corrected chi connectivity index (χ1v) is 8.72. The summed E-state index contributed by atoms with van der Waals surface area (Å²) < 4.78 is 0. The van der Waals surface area contributed by atoms with Gasteiger partial charge in [0, 0.05) is 8.07 Å². The smallest absolute Gasteiger partial charge is 0.0480 e. The Bertz CT molecular complexity index is 284. The summed E-state index contributed by atoms with van der Waals surface area (Å²) in [6.07, 6.45) is 1.44. The lowest BCUT2D eigenvalue weighted by Crippen LogP contribution is -2.20. The van der Waals surface area contributed by atoms with Crippen molar-refractivity contribution in [3.63, 3.8) is 0 Å². The highest BCUT2D eigenvalue weighted by molar-refractivity contribution is 6.78. The molecule has 0 heterocycles. The molecule has 0 spiro atoms. The molecule has 0 amide bonds. The minimum absolute atomic E-state index is 0.869. The summed E-state index contributed by atoms with van der Waals surface area (Å²) in [5.41, 5.74) is 2.60. The Hall–Kier alpha value is -0.563. The largest absolute Gasteiger partial charge is 0.0693 e. The van der Waals surface area contributed by atoms with Crippen molar-refractivity contribution in [3.8, 4) is 0 Å². The normalized spacial score (nSPS) is 27.3. The van der Waals surface area contributed by atoms with Gasteiger partial charge in [-0.1, -0.05) is 50.0 Å². The number of benzene rings is 1. The van der Waals surface area contributed by atoms with Gasteiger partial charge >= 0.3 is 0 Å². The molecule has 0 radical (unpaired) electrons. The van der Waals surface area contributed by atoms with Crippen LogP contribution in [-0.2, 0) is 0 Å². The second-order valence-electron chi connectivity index (χ2n) is 5.23. The standard InChI is InChI=1S/C12H18Si/c1-13(2,3)12-9-11(12)10-7-5-4-6-8-10/h4-8,11-12H,9H2,1-3H3/t11-,12+/m0/s1. The van der Waals surface area contributed by atoms with E-state index in [1.165, 1.54) is 6.42 Å². The van der Waals surface area contributed by atoms with E-state index in [2.05, 4.69) is 50.0 Å². The van der Waals surface area contributed by atoms with Crippen LogP contribution < -0.4 is 0 Å². The van der Waals surface area contributed by atoms with E-state index in [9.17, 15) is 0 Å². The van der Waals surface area contributed by atoms with Gasteiger partial charge in [-0.3, -0.25) is 0 Å². The SMILES string of the molecule is C[Si](C)(C)[C@@H]1C[C@H]1c1ccccc1. The van der Waals surface area contributed by atoms with Gasteiger partial charge in [-0.25, -0.2) is 0 Å². The quantitative estimate of drug-likeness (QED) is 0.621. The van der Waals surface area contributed by atoms with Crippen LogP contribution in [0.15, 0.2) is 30.3 Å². The van der Waals surface area contributed by atoms with E-state index >= 15 is 0 Å². The van der Waals surface area contributed by atoms with Gasteiger partial charge < -0.3 is 0 Å². The minimum Gasteiger partial charge on any atom is -0.0693 e. The van der Waals surface area contributed by atoms with E-state index in [4.69, 9.17) is 0 Å². The monoisotopic (exact) mass is 190 g/mol. The number of hydrogen-bond acceptors (Lipinski definition) is 0. The average Bonchev–Trinajstić information content (AvgIpc) is 2.83. The predicted octanol–water partition coefficient (Wildman–Crippen LogP) is 3.88. The van der Waals surface area contributed by atoms with Crippen molar-refractivity contribution in [1.29, 1.82) is 0 Å². The molecule has 1 aromatic carbocycles. The van der Waals surface area contributed by atoms with Gasteiger partial charge in [0.05, 0.1) is 0 Å². The molecule has 0 N–H and O–H groups in total. The molecular formula is C12H18Si. The van der Waals surface area contributed by atoms with Crippen molar-refractivity contribution in [2.45, 2.75) is 37.5 Å². The number of hydrogen-bond donors (Lipinski definition) is 0. The summed E-state index contributed by atoms with van der Waals surface area (Å²) in [5.74, 6) is 0.896. The summed E-state index contributed by atoms with van der Waals surface area (Å²) >= 11 is 0. The Balaban J connectivity index is 2.09. The second-order valence-corrected chi connectivity index (χ2v) is 10.7. The highest BCUT2D eigenvalue weighted by Crippen LogP contribution is 2.58. The third kappa shape index (κ3) is 1.85. The third-order valence-electron chi connectivity index (χ3n) is 3.13. The molecule has 1 aliphatic carbocycles. The molecule has 1 aliphatic rings. The van der Waals surface area contributed by atoms with Crippen LogP contribution in [0.4, 0.5) is 0 Å². The Morgan fingerprint density at radius 2 is 1.69 bits per heavy atom. The van der Waals surface area contributed by atoms with Crippen molar-refractivity contribution < 1.29 is 0 Å². The van der Waals surface area contributed by atoms with E-state index in [0.717, 1.165) is 11.5 Å². The Labute approximate surface area is 82.0 Å². The van der Waals surface area contributed by atoms with Crippen LogP contribution in [0.5, 0.6) is 0 Å². The third-order valence-corrected chi connectivity index (χ3v) is 5.99. The minimum atomic E-state index is -0.869. The van der Waals surface area contributed by atoms with Crippen LogP contribution in [0.3, 0.4) is 0 Å². The average molecular weight is 190 g/mol. The van der Waals surface area contributed by atoms with Gasteiger partial charge in [0.15, 0.2) is 0 Å². The van der Waals surface area contributed by atoms with Crippen molar-refractivity contribution in [2.24, 2.45) is 0 Å². The molecule has 1 fully saturated rings. The van der Waals surface area contributed by atoms with Gasteiger partial charge in [-0.15, -0.1) is 0 Å². The lowest BCUT2D eigenvalue weighted by molar-refractivity contribution is 1.11. The predicted molar refractivity (Wildman–Crippen MR) is 60.9 cm³/mol. The topological polar surface area (TPSA) is 0 Å². The Kier molecular flexibility index (Phi) is 2.07. The van der Waals surface area contributed by atoms with Gasteiger partial charge in [-0.2, -0.15) is 0 Å². The fourth-order valence-corrected chi connectivity index (χ4v) is 4.58. The molecule has 0 bridgehead atoms. The van der Waals surface area contributed by atoms with Crippen molar-refractivity contribution >= 4 is 8.07 Å². The zero-order valence-electron chi connectivity index (χ0n) is 8.75. The van der Waals surface area contributed by atoms with E-state index in [-0.39, 0.29) is 0 Å². The molecule has 0 aromatic heterocycles. The first-order chi connectivity index (χ1) is 6.09. The molecule has 13 heavy (non-hydrogen) atoms. The van der Waals surface area contributed by atoms with Crippen molar-refractivity contribution in [1.82, 2.24) is 0 Å². The zero-order valence-corrected chi connectivity index (χ0v) is 9.75. The van der Waals surface area contributed by atoms with Gasteiger partial charge in [-0.05, 0) is 23.4 Å². The first kappa shape index (κ1) is 9.01. The van der Waals surface area contributed by atoms with Gasteiger partial charge in [0.1, 0.15) is 0 Å². The summed E-state index contributed by atoms with van der Waals surface area (Å²) in [4.78, 5) is 0. The maximum Gasteiger partial charge on any atom is 0.0480 e. The molecule has 0 aliphatic heterocycles. The maximum absolute atomic E-state index is 2.49. The molecular weight excluding hydrogens is 172 g/mol. The molecule has 0 nitrogen and oxygen atoms in total. The summed E-state index contributed by atoms with van der Waals surface area (Å²) in [5, 5.41) is 0. The van der Waals surface area contributed by atoms with Crippen LogP contribution in [-0.4, -0.2) is 8.07 Å². The van der Waals surface area contributed by atoms with Crippen LogP contribution in [0.2, 0.25) is 25.2 Å². The van der Waals surface area contributed by atoms with Crippen molar-refractivity contribution in [3.05, 3.63) is 35.9 Å². The second kappa shape index (κ2) is 2.98. The van der Waals surface area contributed by atoms with Crippen LogP contribution >= 0.6 is 0 Å². The fourth-order valence-electron chi connectivity index (χ4n) is 2.22. The lowest BCUT2D eigenvalue weighted by atomic mass is 10.1. The van der Waals surface area contributed by atoms with E-state index in [1.807, 2.05) is 0 Å². The van der Waals surface area contributed by atoms with Gasteiger partial charge in [0.2, 0.25) is 0 Å². The fraction of sp³-hybridized carbons (Fsp3) is 0.500. The molecule has 1 aromatic rings. The summed E-state index contributed by atoms with van der Waals surface area (Å²) in [6.45, 7) is 7.46. The zero-order chi connectivity index (χ0) is 9.47. The van der Waals surface area contributed by atoms with Crippen molar-refractivity contribution in [2.75, 3.05) is 0 Å². The van der Waals surface area contributed by atoms with Crippen LogP contribution in [0.25, 0.3) is 0 Å². The molecule has 0 saturated heterocycles. The van der Waals surface area contributed by atoms with Gasteiger partial charge in [0.25, 0.3) is 0 Å². The molecule has 2 rings (SSSR count). The van der Waals surface area contributed by atoms with E-state index < -0.39 is 8.07 Å². The molecule has 1 saturated carbocycles. The molecule has 1 heteroatoms. The first-order valence-electron chi connectivity index (χ1n) is 5.14. The van der Waals surface area contributed by atoms with E-state index in [1.54, 1.807) is 5.56 Å².